The number of carbonyl (C=O) groups excluding carboxylic acids is 2. The molecule has 0 bridgehead atoms. The fourth-order valence-electron chi connectivity index (χ4n) is 2.09. The van der Waals surface area contributed by atoms with Crippen LogP contribution in [-0.4, -0.2) is 64.2 Å². The molecule has 1 saturated heterocycles. The Morgan fingerprint density at radius 2 is 2.11 bits per heavy atom. The third-order valence-corrected chi connectivity index (χ3v) is 3.07. The molecular weight excluding hydrogens is 254 g/mol. The fourth-order valence-corrected chi connectivity index (χ4v) is 2.09. The van der Waals surface area contributed by atoms with Gasteiger partial charge in [-0.25, -0.2) is 4.79 Å². The normalized spacial score (nSPS) is 21.8. The number of nitrogens with zero attached hydrogens (tertiary/aromatic N) is 1. The summed E-state index contributed by atoms with van der Waals surface area (Å²) in [6.07, 6.45) is -0.170. The first-order valence-corrected chi connectivity index (χ1v) is 6.09. The van der Waals surface area contributed by atoms with Gasteiger partial charge in [-0.1, -0.05) is 0 Å². The van der Waals surface area contributed by atoms with Crippen LogP contribution < -0.4 is 11.1 Å². The quantitative estimate of drug-likeness (QED) is 0.453. The molecule has 108 valence electrons. The molecule has 3 atom stereocenters. The van der Waals surface area contributed by atoms with Gasteiger partial charge in [0.05, 0.1) is 12.6 Å². The van der Waals surface area contributed by atoms with Crippen molar-refractivity contribution in [1.29, 1.82) is 0 Å². The van der Waals surface area contributed by atoms with E-state index in [2.05, 4.69) is 5.32 Å². The molecule has 1 rings (SSSR count). The molecule has 1 fully saturated rings. The summed E-state index contributed by atoms with van der Waals surface area (Å²) in [6, 6.07) is -2.07. The number of likely N-dealkylation sites (tertiary alicyclic amines) is 1. The topological polar surface area (TPSA) is 133 Å². The van der Waals surface area contributed by atoms with Crippen LogP contribution in [0.4, 0.5) is 0 Å². The molecule has 19 heavy (non-hydrogen) atoms. The van der Waals surface area contributed by atoms with Gasteiger partial charge in [-0.2, -0.15) is 0 Å². The minimum absolute atomic E-state index is 0.303. The van der Waals surface area contributed by atoms with Crippen molar-refractivity contribution in [3.63, 3.8) is 0 Å². The average molecular weight is 273 g/mol. The predicted octanol–water partition coefficient (Wildman–Crippen LogP) is -2.11. The van der Waals surface area contributed by atoms with Crippen LogP contribution in [0.15, 0.2) is 0 Å². The number of hydrogen-bond acceptors (Lipinski definition) is 5. The molecule has 3 unspecified atom stereocenters. The first kappa shape index (κ1) is 15.4. The van der Waals surface area contributed by atoms with Crippen LogP contribution >= 0.6 is 0 Å². The van der Waals surface area contributed by atoms with E-state index in [9.17, 15) is 19.5 Å². The second-order valence-electron chi connectivity index (χ2n) is 4.52. The van der Waals surface area contributed by atoms with Gasteiger partial charge in [0.15, 0.2) is 0 Å². The number of aliphatic carboxylic acids is 1. The minimum atomic E-state index is -1.17. The monoisotopic (exact) mass is 273 g/mol. The molecule has 0 spiro atoms. The van der Waals surface area contributed by atoms with E-state index in [0.29, 0.717) is 19.4 Å². The maximum atomic E-state index is 12.2. The number of rotatable bonds is 5. The molecule has 2 amide bonds. The van der Waals surface area contributed by atoms with Gasteiger partial charge in [0.2, 0.25) is 11.8 Å². The molecule has 0 aromatic carbocycles. The van der Waals surface area contributed by atoms with Crippen molar-refractivity contribution in [1.82, 2.24) is 10.2 Å². The summed E-state index contributed by atoms with van der Waals surface area (Å²) >= 11 is 0. The highest BCUT2D eigenvalue weighted by Gasteiger charge is 2.38. The molecule has 0 saturated carbocycles. The van der Waals surface area contributed by atoms with Crippen molar-refractivity contribution in [2.24, 2.45) is 5.73 Å². The Hall–Kier alpha value is -1.67. The van der Waals surface area contributed by atoms with Gasteiger partial charge < -0.3 is 26.2 Å². The van der Waals surface area contributed by atoms with Crippen LogP contribution in [0.25, 0.3) is 0 Å². The van der Waals surface area contributed by atoms with Gasteiger partial charge in [0.25, 0.3) is 0 Å². The van der Waals surface area contributed by atoms with Gasteiger partial charge in [0, 0.05) is 6.54 Å². The summed E-state index contributed by atoms with van der Waals surface area (Å²) in [7, 11) is 0. The highest BCUT2D eigenvalue weighted by atomic mass is 16.4. The SMILES string of the molecule is CC(O)C(NC(=O)CN)C(=O)N1CCCC1C(=O)O. The van der Waals surface area contributed by atoms with Crippen molar-refractivity contribution >= 4 is 17.8 Å². The zero-order chi connectivity index (χ0) is 14.6. The largest absolute Gasteiger partial charge is 0.480 e. The average Bonchev–Trinajstić information content (AvgIpc) is 2.83. The molecule has 5 N–H and O–H groups in total. The standard InChI is InChI=1S/C11H19N3O5/c1-6(15)9(13-8(16)5-12)10(17)14-4-2-3-7(14)11(18)19/h6-7,9,15H,2-5,12H2,1H3,(H,13,16)(H,18,19). The number of carbonyl (C=O) groups is 3. The summed E-state index contributed by atoms with van der Waals surface area (Å²) in [5, 5.41) is 20.9. The number of carboxylic acid groups (broad SMARTS) is 1. The Kier molecular flexibility index (Phi) is 5.25. The Morgan fingerprint density at radius 3 is 2.58 bits per heavy atom. The maximum absolute atomic E-state index is 12.2. The number of hydrogen-bond donors (Lipinski definition) is 4. The second kappa shape index (κ2) is 6.48. The summed E-state index contributed by atoms with van der Waals surface area (Å²) in [5.74, 6) is -2.26. The predicted molar refractivity (Wildman–Crippen MR) is 65.0 cm³/mol. The van der Waals surface area contributed by atoms with Crippen LogP contribution in [0.3, 0.4) is 0 Å². The molecule has 1 aliphatic heterocycles. The number of aliphatic hydroxyl groups excluding tert-OH is 1. The third kappa shape index (κ3) is 3.65. The number of nitrogens with two attached hydrogens (primary N) is 1. The van der Waals surface area contributed by atoms with Gasteiger partial charge in [0.1, 0.15) is 12.1 Å². The Bertz CT molecular complexity index is 371. The Labute approximate surface area is 110 Å². The zero-order valence-corrected chi connectivity index (χ0v) is 10.7. The first-order chi connectivity index (χ1) is 8.88. The summed E-state index contributed by atoms with van der Waals surface area (Å²) in [5.41, 5.74) is 5.14. The van der Waals surface area contributed by atoms with Gasteiger partial charge in [-0.15, -0.1) is 0 Å². The Balaban J connectivity index is 2.81. The van der Waals surface area contributed by atoms with Crippen LogP contribution in [0.5, 0.6) is 0 Å². The first-order valence-electron chi connectivity index (χ1n) is 6.09. The van der Waals surface area contributed by atoms with Gasteiger partial charge >= 0.3 is 5.97 Å². The molecule has 0 aromatic heterocycles. The van der Waals surface area contributed by atoms with E-state index in [1.807, 2.05) is 0 Å². The summed E-state index contributed by atoms with van der Waals surface area (Å²) in [4.78, 5) is 35.6. The molecule has 0 radical (unpaired) electrons. The highest BCUT2D eigenvalue weighted by molar-refractivity contribution is 5.91. The summed E-state index contributed by atoms with van der Waals surface area (Å²) in [6.45, 7) is 1.35. The molecule has 8 nitrogen and oxygen atoms in total. The number of amides is 2. The van der Waals surface area contributed by atoms with Gasteiger partial charge in [-0.05, 0) is 19.8 Å². The van der Waals surface area contributed by atoms with Crippen LogP contribution in [0, 0.1) is 0 Å². The molecule has 0 aromatic rings. The van der Waals surface area contributed by atoms with Crippen molar-refractivity contribution in [3.8, 4) is 0 Å². The summed E-state index contributed by atoms with van der Waals surface area (Å²) < 4.78 is 0. The van der Waals surface area contributed by atoms with Crippen molar-refractivity contribution in [3.05, 3.63) is 0 Å². The fraction of sp³-hybridized carbons (Fsp3) is 0.727. The number of aliphatic hydroxyl groups is 1. The molecule has 8 heteroatoms. The van der Waals surface area contributed by atoms with Crippen LogP contribution in [0.2, 0.25) is 0 Å². The van der Waals surface area contributed by atoms with Crippen LogP contribution in [0.1, 0.15) is 19.8 Å². The lowest BCUT2D eigenvalue weighted by atomic mass is 10.1. The van der Waals surface area contributed by atoms with Gasteiger partial charge in [-0.3, -0.25) is 9.59 Å². The van der Waals surface area contributed by atoms with E-state index in [4.69, 9.17) is 10.8 Å². The number of nitrogens with one attached hydrogen (secondary N) is 1. The minimum Gasteiger partial charge on any atom is -0.480 e. The van der Waals surface area contributed by atoms with E-state index >= 15 is 0 Å². The zero-order valence-electron chi connectivity index (χ0n) is 10.7. The second-order valence-corrected chi connectivity index (χ2v) is 4.52. The van der Waals surface area contributed by atoms with E-state index in [1.165, 1.54) is 11.8 Å². The van der Waals surface area contributed by atoms with E-state index in [1.54, 1.807) is 0 Å². The lowest BCUT2D eigenvalue weighted by Gasteiger charge is -2.28. The van der Waals surface area contributed by atoms with Crippen molar-refractivity contribution < 1.29 is 24.6 Å². The molecule has 1 aliphatic rings. The molecule has 0 aliphatic carbocycles. The smallest absolute Gasteiger partial charge is 0.326 e. The highest BCUT2D eigenvalue weighted by Crippen LogP contribution is 2.19. The lowest BCUT2D eigenvalue weighted by Crippen LogP contribution is -2.56. The Morgan fingerprint density at radius 1 is 1.47 bits per heavy atom. The maximum Gasteiger partial charge on any atom is 0.326 e. The van der Waals surface area contributed by atoms with Crippen LogP contribution in [-0.2, 0) is 14.4 Å². The van der Waals surface area contributed by atoms with E-state index < -0.39 is 36.0 Å². The third-order valence-electron chi connectivity index (χ3n) is 3.07. The molecular formula is C11H19N3O5. The molecule has 1 heterocycles. The van der Waals surface area contributed by atoms with E-state index in [-0.39, 0.29) is 6.54 Å². The van der Waals surface area contributed by atoms with E-state index in [0.717, 1.165) is 0 Å². The van der Waals surface area contributed by atoms with Crippen molar-refractivity contribution in [2.45, 2.75) is 38.0 Å². The van der Waals surface area contributed by atoms with Crippen molar-refractivity contribution in [2.75, 3.05) is 13.1 Å². The number of carboxylic acids is 1. The lowest BCUT2D eigenvalue weighted by molar-refractivity contribution is -0.150.